The quantitative estimate of drug-likeness (QED) is 0.152. The Bertz CT molecular complexity index is 410. The van der Waals surface area contributed by atoms with E-state index in [9.17, 15) is 0 Å². The van der Waals surface area contributed by atoms with Gasteiger partial charge in [0.15, 0.2) is 0 Å². The summed E-state index contributed by atoms with van der Waals surface area (Å²) in [7, 11) is 0.391. The average Bonchev–Trinajstić information content (AvgIpc) is 2.53. The van der Waals surface area contributed by atoms with Gasteiger partial charge in [0, 0.05) is 0 Å². The maximum Gasteiger partial charge on any atom is 0.254 e. The van der Waals surface area contributed by atoms with Gasteiger partial charge < -0.3 is 9.04 Å². The molecule has 0 saturated heterocycles. The highest BCUT2D eigenvalue weighted by Gasteiger charge is 2.04. The lowest BCUT2D eigenvalue weighted by atomic mass is 10.0. The molecule has 0 amide bonds. The van der Waals surface area contributed by atoms with Gasteiger partial charge in [-0.3, -0.25) is 4.55 Å². The van der Waals surface area contributed by atoms with Crippen molar-refractivity contribution in [2.24, 2.45) is 0 Å². The Morgan fingerprint density at radius 2 is 0.857 bits per heavy atom. The number of thiol groups is 2. The molecule has 0 aromatic carbocycles. The maximum absolute atomic E-state index is 8.59. The van der Waals surface area contributed by atoms with Crippen molar-refractivity contribution in [1.29, 1.82) is 0 Å². The molecule has 1 N–H and O–H groups in total. The summed E-state index contributed by atoms with van der Waals surface area (Å²) in [5.74, 6) is 0. The molecule has 0 radical (unpaired) electrons. The van der Waals surface area contributed by atoms with E-state index in [0.29, 0.717) is 0 Å². The molecule has 7 nitrogen and oxygen atoms in total. The molecular weight excluding hydrogens is 402 g/mol. The van der Waals surface area contributed by atoms with E-state index in [1.54, 1.807) is 0 Å². The molecule has 0 spiro atoms. The van der Waals surface area contributed by atoms with Gasteiger partial charge in [0.05, 0.1) is 38.7 Å². The minimum atomic E-state index is -3.37. The third kappa shape index (κ3) is 56.2. The number of rotatable bonds is 15. The lowest BCUT2D eigenvalue weighted by Crippen LogP contribution is -2.35. The van der Waals surface area contributed by atoms with Gasteiger partial charge in [-0.05, 0) is 12.8 Å². The second-order valence-electron chi connectivity index (χ2n) is 8.07. The van der Waals surface area contributed by atoms with Crippen molar-refractivity contribution in [1.82, 2.24) is 0 Å². The Morgan fingerprint density at radius 3 is 1.07 bits per heavy atom. The second kappa shape index (κ2) is 24.8. The molecule has 174 valence electrons. The fourth-order valence-electron chi connectivity index (χ4n) is 2.78. The van der Waals surface area contributed by atoms with Crippen LogP contribution in [0.4, 0.5) is 0 Å². The van der Waals surface area contributed by atoms with E-state index in [1.165, 1.54) is 96.4 Å². The summed E-state index contributed by atoms with van der Waals surface area (Å²) >= 11 is 0. The summed E-state index contributed by atoms with van der Waals surface area (Å²) in [5, 5.41) is 0. The van der Waals surface area contributed by atoms with Gasteiger partial charge in [0.25, 0.3) is 11.0 Å². The zero-order chi connectivity index (χ0) is 22.3. The van der Waals surface area contributed by atoms with E-state index >= 15 is 0 Å². The van der Waals surface area contributed by atoms with Gasteiger partial charge in [-0.25, -0.2) is 16.8 Å². The molecule has 0 saturated carbocycles. The molecule has 0 heterocycles. The van der Waals surface area contributed by atoms with Crippen molar-refractivity contribution in [3.63, 3.8) is 0 Å². The zero-order valence-electron chi connectivity index (χ0n) is 18.4. The first-order valence-corrected chi connectivity index (χ1v) is 12.7. The van der Waals surface area contributed by atoms with Crippen LogP contribution in [0.1, 0.15) is 96.8 Å². The Morgan fingerprint density at radius 1 is 0.643 bits per heavy atom. The van der Waals surface area contributed by atoms with E-state index in [-0.39, 0.29) is 0 Å². The summed E-state index contributed by atoms with van der Waals surface area (Å²) in [6.07, 6.45) is 20.4. The molecule has 0 rings (SSSR count). The van der Waals surface area contributed by atoms with Crippen LogP contribution in [-0.4, -0.2) is 58.1 Å². The van der Waals surface area contributed by atoms with Crippen molar-refractivity contribution >= 4 is 22.0 Å². The maximum atomic E-state index is 8.59. The van der Waals surface area contributed by atoms with Crippen molar-refractivity contribution < 1.29 is 30.4 Å². The molecule has 9 heteroatoms. The van der Waals surface area contributed by atoms with Crippen LogP contribution in [-0.2, 0) is 22.0 Å². The van der Waals surface area contributed by atoms with Crippen molar-refractivity contribution in [2.75, 3.05) is 27.7 Å². The van der Waals surface area contributed by atoms with Crippen LogP contribution in [0.25, 0.3) is 0 Å². The van der Waals surface area contributed by atoms with Crippen LogP contribution in [0.5, 0.6) is 0 Å². The summed E-state index contributed by atoms with van der Waals surface area (Å²) in [4.78, 5) is 0. The van der Waals surface area contributed by atoms with Gasteiger partial charge >= 0.3 is 0 Å². The standard InChI is InChI=1S/C19H42N.2H2O3S/c1-5-6-7-8-9-10-11-12-13-14-15-16-17-18-19-20(2,3)4;2*1-4(2)3/h5-19H2,1-4H3;2*4H,(H,1,2,3)/q+1;;/p-1. The van der Waals surface area contributed by atoms with Crippen LogP contribution in [0.2, 0.25) is 0 Å². The monoisotopic (exact) mass is 447 g/mol. The lowest BCUT2D eigenvalue weighted by molar-refractivity contribution is -0.870. The third-order valence-electron chi connectivity index (χ3n) is 4.18. The molecule has 0 bridgehead atoms. The summed E-state index contributed by atoms with van der Waals surface area (Å²) in [6, 6.07) is 0. The zero-order valence-corrected chi connectivity index (χ0v) is 20.2. The molecule has 0 aliphatic carbocycles. The van der Waals surface area contributed by atoms with Crippen LogP contribution in [0.3, 0.4) is 0 Å². The van der Waals surface area contributed by atoms with Gasteiger partial charge in [0.2, 0.25) is 0 Å². The molecule has 0 atom stereocenters. The van der Waals surface area contributed by atoms with Crippen LogP contribution in [0.15, 0.2) is 0 Å². The Kier molecular flexibility index (Phi) is 28.8. The SMILES string of the molecule is CCCCCCCCCCCCCCCC[N+](C)(C)C.O=[SH](=O)O.O=[SH](=O)[O-]. The number of hydrogen-bond donors (Lipinski definition) is 3. The van der Waals surface area contributed by atoms with Crippen LogP contribution < -0.4 is 0 Å². The summed E-state index contributed by atoms with van der Waals surface area (Å²) in [6.45, 7) is 3.63. The highest BCUT2D eigenvalue weighted by atomic mass is 32.2. The van der Waals surface area contributed by atoms with Crippen molar-refractivity contribution in [3.05, 3.63) is 0 Å². The minimum absolute atomic E-state index is 1.12. The second-order valence-corrected chi connectivity index (χ2v) is 8.99. The number of hydrogen-bond acceptors (Lipinski definition) is 5. The summed E-state index contributed by atoms with van der Waals surface area (Å²) in [5.41, 5.74) is 0. The first-order chi connectivity index (χ1) is 13.0. The predicted molar refractivity (Wildman–Crippen MR) is 117 cm³/mol. The first-order valence-electron chi connectivity index (χ1n) is 10.5. The molecular formula is C19H45NO6S2. The van der Waals surface area contributed by atoms with E-state index in [4.69, 9.17) is 25.9 Å². The molecule has 28 heavy (non-hydrogen) atoms. The third-order valence-corrected chi connectivity index (χ3v) is 4.18. The smallest absolute Gasteiger partial charge is 0.254 e. The van der Waals surface area contributed by atoms with Crippen molar-refractivity contribution in [2.45, 2.75) is 96.8 Å². The highest BCUT2D eigenvalue weighted by molar-refractivity contribution is 7.66. The largest absolute Gasteiger partial charge is 0.750 e. The number of unbranched alkanes of at least 4 members (excludes halogenated alkanes) is 13. The number of quaternary nitrogens is 1. The number of nitrogens with zero attached hydrogens (tertiary/aromatic N) is 1. The molecule has 0 aliphatic rings. The minimum Gasteiger partial charge on any atom is -0.750 e. The van der Waals surface area contributed by atoms with Crippen LogP contribution in [0, 0.1) is 0 Å². The lowest BCUT2D eigenvalue weighted by Gasteiger charge is -2.23. The molecule has 0 aromatic rings. The van der Waals surface area contributed by atoms with Crippen LogP contribution >= 0.6 is 0 Å². The highest BCUT2D eigenvalue weighted by Crippen LogP contribution is 2.13. The van der Waals surface area contributed by atoms with Gasteiger partial charge in [-0.1, -0.05) is 84.0 Å². The van der Waals surface area contributed by atoms with Gasteiger partial charge in [0.1, 0.15) is 0 Å². The van der Waals surface area contributed by atoms with Gasteiger partial charge in [-0.15, -0.1) is 0 Å². The van der Waals surface area contributed by atoms with Gasteiger partial charge in [-0.2, -0.15) is 0 Å². The Labute approximate surface area is 177 Å². The molecule has 0 fully saturated rings. The Balaban J connectivity index is -0.000000656. The van der Waals surface area contributed by atoms with E-state index in [0.717, 1.165) is 4.48 Å². The average molecular weight is 448 g/mol. The van der Waals surface area contributed by atoms with E-state index in [1.807, 2.05) is 0 Å². The summed E-state index contributed by atoms with van der Waals surface area (Å²) < 4.78 is 50.8. The molecule has 0 aliphatic heterocycles. The first kappa shape index (κ1) is 32.4. The molecule has 0 aromatic heterocycles. The fourth-order valence-corrected chi connectivity index (χ4v) is 2.78. The van der Waals surface area contributed by atoms with E-state index < -0.39 is 22.0 Å². The topological polar surface area (TPSA) is 112 Å². The molecule has 0 unspecified atom stereocenters. The normalized spacial score (nSPS) is 11.0. The van der Waals surface area contributed by atoms with Crippen molar-refractivity contribution in [3.8, 4) is 0 Å². The fraction of sp³-hybridized carbons (Fsp3) is 1.00. The predicted octanol–water partition coefficient (Wildman–Crippen LogP) is 3.97. The van der Waals surface area contributed by atoms with E-state index in [2.05, 4.69) is 28.1 Å². The Hall–Kier alpha value is -0.220.